The fourth-order valence-electron chi connectivity index (χ4n) is 4.40. The van der Waals surface area contributed by atoms with E-state index in [9.17, 15) is 8.42 Å². The van der Waals surface area contributed by atoms with E-state index in [0.717, 1.165) is 37.3 Å². The van der Waals surface area contributed by atoms with Crippen LogP contribution >= 0.6 is 0 Å². The number of fused-ring (bicyclic) bond motifs is 2. The van der Waals surface area contributed by atoms with Gasteiger partial charge in [0.1, 0.15) is 4.75 Å². The molecule has 2 aliphatic rings. The van der Waals surface area contributed by atoms with Crippen molar-refractivity contribution in [1.29, 1.82) is 0 Å². The van der Waals surface area contributed by atoms with Crippen LogP contribution in [-0.4, -0.2) is 33.5 Å². The number of sulfonamides is 1. The summed E-state index contributed by atoms with van der Waals surface area (Å²) in [5.74, 6) is 0. The van der Waals surface area contributed by atoms with Gasteiger partial charge in [0.05, 0.1) is 5.69 Å². The van der Waals surface area contributed by atoms with Crippen LogP contribution in [0.25, 0.3) is 0 Å². The molecule has 0 amide bonds. The second-order valence-electron chi connectivity index (χ2n) is 7.43. The fourth-order valence-corrected chi connectivity index (χ4v) is 6.49. The molecule has 2 aliphatic heterocycles. The molecule has 5 heteroatoms. The maximum absolute atomic E-state index is 13.2. The molecule has 0 aliphatic carbocycles. The van der Waals surface area contributed by atoms with Gasteiger partial charge in [-0.25, -0.2) is 8.42 Å². The Labute approximate surface area is 156 Å². The van der Waals surface area contributed by atoms with Crippen LogP contribution in [0.5, 0.6) is 0 Å². The number of likely N-dealkylation sites (tertiary alicyclic amines) is 1. The summed E-state index contributed by atoms with van der Waals surface area (Å²) in [6.45, 7) is 4.65. The molecule has 0 N–H and O–H groups in total. The molecule has 0 bridgehead atoms. The van der Waals surface area contributed by atoms with Crippen LogP contribution in [0.1, 0.15) is 36.5 Å². The van der Waals surface area contributed by atoms with Gasteiger partial charge < -0.3 is 0 Å². The summed E-state index contributed by atoms with van der Waals surface area (Å²) in [5.41, 5.74) is 4.47. The van der Waals surface area contributed by atoms with Crippen molar-refractivity contribution in [2.45, 2.75) is 37.5 Å². The standard InChI is InChI=1S/C21H26N2O2S/c1-3-17-8-10-18(11-9-17)16-23-14-12-21(13-15-23)19-6-4-5-7-20(19)22(2)26(21,24)25/h4-11H,3,12-16H2,1-2H3. The number of hydrogen-bond donors (Lipinski definition) is 0. The zero-order valence-electron chi connectivity index (χ0n) is 15.5. The van der Waals surface area contributed by atoms with Crippen molar-refractivity contribution in [2.24, 2.45) is 0 Å². The second-order valence-corrected chi connectivity index (χ2v) is 9.71. The number of aryl methyl sites for hydroxylation is 1. The Morgan fingerprint density at radius 2 is 1.58 bits per heavy atom. The lowest BCUT2D eigenvalue weighted by molar-refractivity contribution is 0.189. The van der Waals surface area contributed by atoms with Crippen LogP contribution in [0.3, 0.4) is 0 Å². The Hall–Kier alpha value is -1.85. The molecule has 2 aromatic rings. The highest BCUT2D eigenvalue weighted by atomic mass is 32.2. The molecule has 1 fully saturated rings. The van der Waals surface area contributed by atoms with E-state index in [1.165, 1.54) is 15.4 Å². The monoisotopic (exact) mass is 370 g/mol. The Bertz CT molecular complexity index is 898. The molecule has 1 spiro atoms. The van der Waals surface area contributed by atoms with Crippen molar-refractivity contribution in [3.63, 3.8) is 0 Å². The summed E-state index contributed by atoms with van der Waals surface area (Å²) in [6, 6.07) is 16.5. The molecule has 2 aromatic carbocycles. The molecule has 26 heavy (non-hydrogen) atoms. The summed E-state index contributed by atoms with van der Waals surface area (Å²) in [4.78, 5) is 2.38. The van der Waals surface area contributed by atoms with E-state index in [0.29, 0.717) is 12.8 Å². The Morgan fingerprint density at radius 3 is 2.23 bits per heavy atom. The first-order valence-corrected chi connectivity index (χ1v) is 10.8. The molecular weight excluding hydrogens is 344 g/mol. The summed E-state index contributed by atoms with van der Waals surface area (Å²) < 4.78 is 27.1. The highest BCUT2D eigenvalue weighted by Crippen LogP contribution is 2.51. The van der Waals surface area contributed by atoms with Gasteiger partial charge in [-0.15, -0.1) is 0 Å². The number of hydrogen-bond acceptors (Lipinski definition) is 3. The van der Waals surface area contributed by atoms with Gasteiger partial charge in [-0.2, -0.15) is 0 Å². The van der Waals surface area contributed by atoms with Crippen LogP contribution < -0.4 is 4.31 Å². The van der Waals surface area contributed by atoms with Gasteiger partial charge in [0.2, 0.25) is 10.0 Å². The average Bonchev–Trinajstić information content (AvgIpc) is 2.83. The van der Waals surface area contributed by atoms with E-state index >= 15 is 0 Å². The van der Waals surface area contributed by atoms with Gasteiger partial charge in [0.25, 0.3) is 0 Å². The number of rotatable bonds is 3. The summed E-state index contributed by atoms with van der Waals surface area (Å²) in [6.07, 6.45) is 2.37. The topological polar surface area (TPSA) is 40.6 Å². The van der Waals surface area contributed by atoms with Crippen molar-refractivity contribution >= 4 is 15.7 Å². The third-order valence-corrected chi connectivity index (χ3v) is 8.62. The molecule has 138 valence electrons. The lowest BCUT2D eigenvalue weighted by Crippen LogP contribution is -2.47. The van der Waals surface area contributed by atoms with Gasteiger partial charge >= 0.3 is 0 Å². The minimum absolute atomic E-state index is 0.656. The van der Waals surface area contributed by atoms with Gasteiger partial charge in [-0.05, 0) is 42.0 Å². The third-order valence-electron chi connectivity index (χ3n) is 6.09. The Morgan fingerprint density at radius 1 is 0.962 bits per heavy atom. The number of benzene rings is 2. The van der Waals surface area contributed by atoms with E-state index < -0.39 is 14.8 Å². The maximum atomic E-state index is 13.2. The predicted molar refractivity (Wildman–Crippen MR) is 106 cm³/mol. The van der Waals surface area contributed by atoms with Crippen molar-refractivity contribution in [1.82, 2.24) is 4.90 Å². The second kappa shape index (κ2) is 6.39. The first kappa shape index (κ1) is 17.6. The van der Waals surface area contributed by atoms with Crippen molar-refractivity contribution in [3.05, 3.63) is 65.2 Å². The molecule has 0 saturated carbocycles. The number of para-hydroxylation sites is 1. The molecule has 0 atom stereocenters. The molecule has 0 unspecified atom stereocenters. The van der Waals surface area contributed by atoms with Crippen LogP contribution in [-0.2, 0) is 27.7 Å². The molecule has 4 nitrogen and oxygen atoms in total. The zero-order valence-corrected chi connectivity index (χ0v) is 16.3. The van der Waals surface area contributed by atoms with Gasteiger partial charge in [-0.3, -0.25) is 9.21 Å². The van der Waals surface area contributed by atoms with E-state index in [1.807, 2.05) is 24.3 Å². The smallest absolute Gasteiger partial charge is 0.245 e. The molecule has 1 saturated heterocycles. The summed E-state index contributed by atoms with van der Waals surface area (Å²) >= 11 is 0. The van der Waals surface area contributed by atoms with Gasteiger partial charge in [-0.1, -0.05) is 49.4 Å². The van der Waals surface area contributed by atoms with Crippen LogP contribution in [0.2, 0.25) is 0 Å². The lowest BCUT2D eigenvalue weighted by Gasteiger charge is -2.38. The highest BCUT2D eigenvalue weighted by Gasteiger charge is 2.55. The van der Waals surface area contributed by atoms with E-state index in [-0.39, 0.29) is 0 Å². The average molecular weight is 371 g/mol. The number of piperidine rings is 1. The number of anilines is 1. The Kier molecular flexibility index (Phi) is 4.32. The zero-order chi connectivity index (χ0) is 18.4. The van der Waals surface area contributed by atoms with Crippen molar-refractivity contribution in [3.8, 4) is 0 Å². The highest BCUT2D eigenvalue weighted by molar-refractivity contribution is 7.94. The van der Waals surface area contributed by atoms with E-state index in [4.69, 9.17) is 0 Å². The predicted octanol–water partition coefficient (Wildman–Crippen LogP) is 3.52. The van der Waals surface area contributed by atoms with Gasteiger partial charge in [0.15, 0.2) is 0 Å². The van der Waals surface area contributed by atoms with Gasteiger partial charge in [0, 0.05) is 26.7 Å². The molecule has 2 heterocycles. The SMILES string of the molecule is CCc1ccc(CN2CCC3(CC2)c2ccccc2N(C)S3(=O)=O)cc1. The molecular formula is C21H26N2O2S. The molecule has 4 rings (SSSR count). The van der Waals surface area contributed by atoms with E-state index in [1.54, 1.807) is 7.05 Å². The first-order chi connectivity index (χ1) is 12.5. The van der Waals surface area contributed by atoms with Crippen molar-refractivity contribution in [2.75, 3.05) is 24.4 Å². The maximum Gasteiger partial charge on any atom is 0.245 e. The lowest BCUT2D eigenvalue weighted by atomic mass is 9.87. The molecule has 0 radical (unpaired) electrons. The number of nitrogens with zero attached hydrogens (tertiary/aromatic N) is 2. The van der Waals surface area contributed by atoms with E-state index in [2.05, 4.69) is 36.1 Å². The first-order valence-electron chi connectivity index (χ1n) is 9.36. The minimum atomic E-state index is -3.35. The fraction of sp³-hybridized carbons (Fsp3) is 0.429. The normalized spacial score (nSPS) is 21.1. The molecule has 0 aromatic heterocycles. The minimum Gasteiger partial charge on any atom is -0.299 e. The van der Waals surface area contributed by atoms with Crippen LogP contribution in [0.4, 0.5) is 5.69 Å². The van der Waals surface area contributed by atoms with Crippen LogP contribution in [0.15, 0.2) is 48.5 Å². The largest absolute Gasteiger partial charge is 0.299 e. The summed E-state index contributed by atoms with van der Waals surface area (Å²) in [7, 11) is -1.66. The van der Waals surface area contributed by atoms with Crippen LogP contribution in [0, 0.1) is 0 Å². The third kappa shape index (κ3) is 2.57. The quantitative estimate of drug-likeness (QED) is 0.830. The summed E-state index contributed by atoms with van der Waals surface area (Å²) in [5, 5.41) is 0. The Balaban J connectivity index is 1.54. The van der Waals surface area contributed by atoms with Crippen molar-refractivity contribution < 1.29 is 8.42 Å².